The van der Waals surface area contributed by atoms with Crippen LogP contribution in [0, 0.1) is 0 Å². The minimum Gasteiger partial charge on any atom is -0.399 e. The Morgan fingerprint density at radius 3 is 2.53 bits per heavy atom. The van der Waals surface area contributed by atoms with Gasteiger partial charge in [0, 0.05) is 30.8 Å². The summed E-state index contributed by atoms with van der Waals surface area (Å²) in [7, 11) is 1.68. The van der Waals surface area contributed by atoms with Crippen LogP contribution < -0.4 is 10.6 Å². The van der Waals surface area contributed by atoms with Crippen molar-refractivity contribution in [2.75, 3.05) is 17.7 Å². The van der Waals surface area contributed by atoms with Crippen molar-refractivity contribution in [2.24, 2.45) is 0 Å². The van der Waals surface area contributed by atoms with E-state index in [1.54, 1.807) is 31.3 Å². The third-order valence-electron chi connectivity index (χ3n) is 2.37. The Hall–Kier alpha value is -2.43. The summed E-state index contributed by atoms with van der Waals surface area (Å²) in [5.41, 5.74) is 7.32. The molecule has 86 valence electrons. The van der Waals surface area contributed by atoms with Gasteiger partial charge in [-0.05, 0) is 24.3 Å². The van der Waals surface area contributed by atoms with Gasteiger partial charge in [-0.2, -0.15) is 0 Å². The normalized spacial score (nSPS) is 9.94. The lowest BCUT2D eigenvalue weighted by Gasteiger charge is -2.16. The summed E-state index contributed by atoms with van der Waals surface area (Å²) in [6.45, 7) is 0. The zero-order valence-corrected chi connectivity index (χ0v) is 9.37. The first-order valence-corrected chi connectivity index (χ1v) is 5.08. The molecule has 0 atom stereocenters. The second kappa shape index (κ2) is 4.61. The molecule has 0 saturated carbocycles. The van der Waals surface area contributed by atoms with E-state index in [1.165, 1.54) is 23.5 Å². The van der Waals surface area contributed by atoms with Gasteiger partial charge in [0.2, 0.25) is 0 Å². The molecule has 0 spiro atoms. The summed E-state index contributed by atoms with van der Waals surface area (Å²) in [6, 6.07) is 7.05. The van der Waals surface area contributed by atoms with Crippen molar-refractivity contribution < 1.29 is 4.79 Å². The third kappa shape index (κ3) is 2.39. The lowest BCUT2D eigenvalue weighted by atomic mass is 10.2. The van der Waals surface area contributed by atoms with E-state index in [0.29, 0.717) is 11.4 Å². The van der Waals surface area contributed by atoms with E-state index in [-0.39, 0.29) is 5.91 Å². The minimum absolute atomic E-state index is 0.206. The zero-order chi connectivity index (χ0) is 12.3. The molecule has 0 aliphatic rings. The molecule has 1 amide bonds. The fourth-order valence-electron chi connectivity index (χ4n) is 1.40. The standard InChI is InChI=1S/C12H12N4O/c1-16(10-4-2-9(13)3-5-10)12(17)11-8-14-6-7-15-11/h2-8H,13H2,1H3. The molecule has 0 aliphatic heterocycles. The van der Waals surface area contributed by atoms with Gasteiger partial charge in [-0.15, -0.1) is 0 Å². The summed E-state index contributed by atoms with van der Waals surface area (Å²) in [5, 5.41) is 0. The fraction of sp³-hybridized carbons (Fsp3) is 0.0833. The Bertz CT molecular complexity index is 510. The molecule has 0 aliphatic carbocycles. The molecule has 2 aromatic rings. The minimum atomic E-state index is -0.206. The first-order valence-electron chi connectivity index (χ1n) is 5.08. The maximum atomic E-state index is 12.0. The molecule has 0 bridgehead atoms. The molecule has 0 unspecified atom stereocenters. The first-order chi connectivity index (χ1) is 8.18. The highest BCUT2D eigenvalue weighted by atomic mass is 16.2. The predicted molar refractivity (Wildman–Crippen MR) is 65.6 cm³/mol. The quantitative estimate of drug-likeness (QED) is 0.787. The highest BCUT2D eigenvalue weighted by molar-refractivity contribution is 6.04. The number of hydrogen-bond donors (Lipinski definition) is 1. The number of nitrogen functional groups attached to an aromatic ring is 1. The average Bonchev–Trinajstić information content (AvgIpc) is 2.39. The second-order valence-corrected chi connectivity index (χ2v) is 3.55. The van der Waals surface area contributed by atoms with E-state index in [2.05, 4.69) is 9.97 Å². The van der Waals surface area contributed by atoms with Crippen LogP contribution >= 0.6 is 0 Å². The molecule has 5 heteroatoms. The predicted octanol–water partition coefficient (Wildman–Crippen LogP) is 1.34. The Morgan fingerprint density at radius 2 is 1.94 bits per heavy atom. The monoisotopic (exact) mass is 228 g/mol. The van der Waals surface area contributed by atoms with Crippen molar-refractivity contribution in [3.05, 3.63) is 48.5 Å². The summed E-state index contributed by atoms with van der Waals surface area (Å²) >= 11 is 0. The first kappa shape index (κ1) is 11.1. The summed E-state index contributed by atoms with van der Waals surface area (Å²) in [4.78, 5) is 21.4. The van der Waals surface area contributed by atoms with Crippen LogP contribution in [0.2, 0.25) is 0 Å². The SMILES string of the molecule is CN(C(=O)c1cnccn1)c1ccc(N)cc1. The number of carbonyl (C=O) groups is 1. The van der Waals surface area contributed by atoms with E-state index >= 15 is 0 Å². The van der Waals surface area contributed by atoms with Crippen molar-refractivity contribution in [1.29, 1.82) is 0 Å². The number of hydrogen-bond acceptors (Lipinski definition) is 4. The number of rotatable bonds is 2. The van der Waals surface area contributed by atoms with Gasteiger partial charge in [0.25, 0.3) is 5.91 Å². The van der Waals surface area contributed by atoms with Crippen molar-refractivity contribution in [3.8, 4) is 0 Å². The molecule has 2 N–H and O–H groups in total. The Kier molecular flexibility index (Phi) is 3.00. The van der Waals surface area contributed by atoms with Crippen LogP contribution in [0.4, 0.5) is 11.4 Å². The van der Waals surface area contributed by atoms with Crippen molar-refractivity contribution in [1.82, 2.24) is 9.97 Å². The van der Waals surface area contributed by atoms with E-state index < -0.39 is 0 Å². The third-order valence-corrected chi connectivity index (χ3v) is 2.37. The summed E-state index contributed by atoms with van der Waals surface area (Å²) in [5.74, 6) is -0.206. The lowest BCUT2D eigenvalue weighted by Crippen LogP contribution is -2.27. The Morgan fingerprint density at radius 1 is 1.24 bits per heavy atom. The van der Waals surface area contributed by atoms with Crippen molar-refractivity contribution in [2.45, 2.75) is 0 Å². The van der Waals surface area contributed by atoms with Crippen molar-refractivity contribution >= 4 is 17.3 Å². The summed E-state index contributed by atoms with van der Waals surface area (Å²) in [6.07, 6.45) is 4.46. The summed E-state index contributed by atoms with van der Waals surface area (Å²) < 4.78 is 0. The number of anilines is 2. The van der Waals surface area contributed by atoms with Crippen LogP contribution in [-0.2, 0) is 0 Å². The van der Waals surface area contributed by atoms with Gasteiger partial charge in [0.1, 0.15) is 5.69 Å². The largest absolute Gasteiger partial charge is 0.399 e. The van der Waals surface area contributed by atoms with Gasteiger partial charge in [-0.3, -0.25) is 9.78 Å². The number of nitrogens with zero attached hydrogens (tertiary/aromatic N) is 3. The maximum Gasteiger partial charge on any atom is 0.278 e. The van der Waals surface area contributed by atoms with Gasteiger partial charge in [0.05, 0.1) is 6.20 Å². The fourth-order valence-corrected chi connectivity index (χ4v) is 1.40. The lowest BCUT2D eigenvalue weighted by molar-refractivity contribution is 0.0988. The average molecular weight is 228 g/mol. The van der Waals surface area contributed by atoms with E-state index in [4.69, 9.17) is 5.73 Å². The number of amides is 1. The van der Waals surface area contributed by atoms with E-state index in [1.807, 2.05) is 0 Å². The molecule has 0 radical (unpaired) electrons. The Labute approximate surface area is 98.9 Å². The molecule has 1 aromatic heterocycles. The van der Waals surface area contributed by atoms with Gasteiger partial charge in [-0.25, -0.2) is 4.98 Å². The maximum absolute atomic E-state index is 12.0. The molecule has 0 fully saturated rings. The smallest absolute Gasteiger partial charge is 0.278 e. The molecular formula is C12H12N4O. The van der Waals surface area contributed by atoms with Crippen LogP contribution in [-0.4, -0.2) is 22.9 Å². The van der Waals surface area contributed by atoms with Gasteiger partial charge in [0.15, 0.2) is 0 Å². The molecular weight excluding hydrogens is 216 g/mol. The zero-order valence-electron chi connectivity index (χ0n) is 9.37. The molecule has 17 heavy (non-hydrogen) atoms. The Balaban J connectivity index is 2.23. The van der Waals surface area contributed by atoms with E-state index in [0.717, 1.165) is 5.69 Å². The van der Waals surface area contributed by atoms with E-state index in [9.17, 15) is 4.79 Å². The van der Waals surface area contributed by atoms with Gasteiger partial charge < -0.3 is 10.6 Å². The van der Waals surface area contributed by atoms with Crippen LogP contribution in [0.1, 0.15) is 10.5 Å². The van der Waals surface area contributed by atoms with Gasteiger partial charge in [-0.1, -0.05) is 0 Å². The highest BCUT2D eigenvalue weighted by Gasteiger charge is 2.14. The number of aromatic nitrogens is 2. The van der Waals surface area contributed by atoms with Gasteiger partial charge >= 0.3 is 0 Å². The molecule has 2 rings (SSSR count). The number of carbonyl (C=O) groups excluding carboxylic acids is 1. The molecule has 0 saturated heterocycles. The van der Waals surface area contributed by atoms with Crippen LogP contribution in [0.25, 0.3) is 0 Å². The number of nitrogens with two attached hydrogens (primary N) is 1. The molecule has 5 nitrogen and oxygen atoms in total. The number of benzene rings is 1. The van der Waals surface area contributed by atoms with Crippen LogP contribution in [0.3, 0.4) is 0 Å². The van der Waals surface area contributed by atoms with Crippen molar-refractivity contribution in [3.63, 3.8) is 0 Å². The topological polar surface area (TPSA) is 72.1 Å². The molecule has 1 aromatic carbocycles. The van der Waals surface area contributed by atoms with Crippen LogP contribution in [0.15, 0.2) is 42.9 Å². The second-order valence-electron chi connectivity index (χ2n) is 3.55. The highest BCUT2D eigenvalue weighted by Crippen LogP contribution is 2.16. The van der Waals surface area contributed by atoms with Crippen LogP contribution in [0.5, 0.6) is 0 Å². The molecule has 1 heterocycles.